The Hall–Kier alpha value is -0.560. The lowest BCUT2D eigenvalue weighted by molar-refractivity contribution is -0.325. The van der Waals surface area contributed by atoms with Crippen molar-refractivity contribution in [2.75, 3.05) is 139 Å². The predicted molar refractivity (Wildman–Crippen MR) is 160 cm³/mol. The van der Waals surface area contributed by atoms with Gasteiger partial charge in [-0.25, -0.2) is 0 Å². The van der Waals surface area contributed by atoms with E-state index in [9.17, 15) is 5.11 Å². The van der Waals surface area contributed by atoms with E-state index in [1.165, 1.54) is 0 Å². The second-order valence-corrected chi connectivity index (χ2v) is 9.34. The lowest BCUT2D eigenvalue weighted by Gasteiger charge is -2.45. The Labute approximate surface area is 264 Å². The van der Waals surface area contributed by atoms with Crippen molar-refractivity contribution in [3.05, 3.63) is 0 Å². The Morgan fingerprint density at radius 3 is 1.09 bits per heavy atom. The van der Waals surface area contributed by atoms with Crippen LogP contribution in [0.15, 0.2) is 0 Å². The highest BCUT2D eigenvalue weighted by Gasteiger charge is 2.48. The average molecular weight is 645 g/mol. The van der Waals surface area contributed by atoms with Gasteiger partial charge in [-0.3, -0.25) is 0 Å². The van der Waals surface area contributed by atoms with Gasteiger partial charge in [0.15, 0.2) is 6.29 Å². The minimum atomic E-state index is -0.850. The van der Waals surface area contributed by atoms with Crippen LogP contribution in [0, 0.1) is 0 Å². The Kier molecular flexibility index (Phi) is 29.3. The van der Waals surface area contributed by atoms with Crippen LogP contribution in [0.2, 0.25) is 0 Å². The van der Waals surface area contributed by atoms with Gasteiger partial charge in [0.2, 0.25) is 0 Å². The first-order valence-corrected chi connectivity index (χ1v) is 16.1. The fraction of sp³-hybridized carbons (Fsp3) is 1.00. The van der Waals surface area contributed by atoms with Gasteiger partial charge in [-0.15, -0.1) is 0 Å². The number of aliphatic hydroxyl groups is 1. The summed E-state index contributed by atoms with van der Waals surface area (Å²) in [5.74, 6) is 0. The van der Waals surface area contributed by atoms with E-state index in [4.69, 9.17) is 61.6 Å². The monoisotopic (exact) mass is 644 g/mol. The Bertz CT molecular complexity index is 590. The van der Waals surface area contributed by atoms with E-state index in [0.29, 0.717) is 106 Å². The lowest BCUT2D eigenvalue weighted by Crippen LogP contribution is -2.62. The summed E-state index contributed by atoms with van der Waals surface area (Å²) < 4.78 is 74.8. The molecular formula is C30H60O14. The van der Waals surface area contributed by atoms with E-state index in [1.807, 2.05) is 27.7 Å². The van der Waals surface area contributed by atoms with Crippen LogP contribution in [0.25, 0.3) is 0 Å². The number of hydrogen-bond donors (Lipinski definition) is 1. The van der Waals surface area contributed by atoms with E-state index < -0.39 is 30.7 Å². The van der Waals surface area contributed by atoms with Gasteiger partial charge in [-0.05, 0) is 27.7 Å². The molecule has 0 saturated carbocycles. The minimum Gasteiger partial charge on any atom is -0.394 e. The van der Waals surface area contributed by atoms with Gasteiger partial charge in [0, 0.05) is 26.4 Å². The summed E-state index contributed by atoms with van der Waals surface area (Å²) in [4.78, 5) is 0. The third kappa shape index (κ3) is 20.5. The highest BCUT2D eigenvalue weighted by atomic mass is 16.7. The van der Waals surface area contributed by atoms with Crippen molar-refractivity contribution in [3.63, 3.8) is 0 Å². The van der Waals surface area contributed by atoms with Crippen LogP contribution in [-0.2, 0) is 61.6 Å². The van der Waals surface area contributed by atoms with Gasteiger partial charge in [0.1, 0.15) is 24.4 Å². The quantitative estimate of drug-likeness (QED) is 0.102. The molecule has 1 N–H and O–H groups in total. The van der Waals surface area contributed by atoms with Crippen LogP contribution < -0.4 is 0 Å². The highest BCUT2D eigenvalue weighted by molar-refractivity contribution is 4.93. The fourth-order valence-electron chi connectivity index (χ4n) is 4.14. The maximum absolute atomic E-state index is 10.3. The van der Waals surface area contributed by atoms with Crippen molar-refractivity contribution in [2.24, 2.45) is 0 Å². The number of ether oxygens (including phenoxy) is 13. The molecule has 5 atom stereocenters. The van der Waals surface area contributed by atoms with Gasteiger partial charge >= 0.3 is 0 Å². The molecule has 44 heavy (non-hydrogen) atoms. The fourth-order valence-corrected chi connectivity index (χ4v) is 4.14. The first-order chi connectivity index (χ1) is 21.7. The molecule has 1 aliphatic heterocycles. The van der Waals surface area contributed by atoms with Crippen molar-refractivity contribution < 1.29 is 66.7 Å². The summed E-state index contributed by atoms with van der Waals surface area (Å²) in [6, 6.07) is 0. The molecule has 1 unspecified atom stereocenters. The SMILES string of the molecule is CCOCCOCCOC1O[C@H](CO)[C@H](OCCOCCOCC)[C@H](OCCOCCOCC)[C@H]1OCCOCCOCC. The van der Waals surface area contributed by atoms with Crippen LogP contribution in [0.1, 0.15) is 27.7 Å². The first kappa shape index (κ1) is 41.5. The van der Waals surface area contributed by atoms with Gasteiger partial charge in [-0.2, -0.15) is 0 Å². The van der Waals surface area contributed by atoms with Crippen LogP contribution in [0.3, 0.4) is 0 Å². The molecule has 1 fully saturated rings. The van der Waals surface area contributed by atoms with E-state index in [2.05, 4.69) is 0 Å². The molecule has 14 heteroatoms. The molecule has 0 aliphatic carbocycles. The summed E-state index contributed by atoms with van der Waals surface area (Å²) in [7, 11) is 0. The predicted octanol–water partition coefficient (Wildman–Crippen LogP) is 1.09. The summed E-state index contributed by atoms with van der Waals surface area (Å²) in [6.07, 6.45) is -3.58. The molecule has 0 amide bonds. The standard InChI is InChI=1S/C30H60O14/c1-5-32-9-13-36-17-21-40-27-26(25-31)44-30(43-24-20-39-16-12-35-8-4)29(42-23-19-38-15-11-34-7-3)28(27)41-22-18-37-14-10-33-6-2/h26-31H,5-25H2,1-4H3/t26-,27+,28+,29-,30?/m1/s1. The van der Waals surface area contributed by atoms with Crippen LogP contribution in [-0.4, -0.2) is 175 Å². The third-order valence-electron chi connectivity index (χ3n) is 6.20. The molecule has 1 heterocycles. The second kappa shape index (κ2) is 31.1. The molecule has 264 valence electrons. The zero-order chi connectivity index (χ0) is 31.9. The van der Waals surface area contributed by atoms with E-state index in [-0.39, 0.29) is 33.0 Å². The summed E-state index contributed by atoms with van der Waals surface area (Å²) in [5, 5.41) is 10.3. The van der Waals surface area contributed by atoms with Crippen molar-refractivity contribution in [2.45, 2.75) is 58.4 Å². The van der Waals surface area contributed by atoms with Gasteiger partial charge in [-0.1, -0.05) is 0 Å². The van der Waals surface area contributed by atoms with Crippen molar-refractivity contribution in [3.8, 4) is 0 Å². The van der Waals surface area contributed by atoms with E-state index in [0.717, 1.165) is 0 Å². The highest BCUT2D eigenvalue weighted by Crippen LogP contribution is 2.29. The van der Waals surface area contributed by atoms with Crippen LogP contribution >= 0.6 is 0 Å². The zero-order valence-electron chi connectivity index (χ0n) is 27.5. The lowest BCUT2D eigenvalue weighted by atomic mass is 9.98. The molecule has 0 radical (unpaired) electrons. The Balaban J connectivity index is 2.88. The number of hydrogen-bond acceptors (Lipinski definition) is 14. The molecule has 1 aliphatic rings. The topological polar surface area (TPSA) is 140 Å². The largest absolute Gasteiger partial charge is 0.394 e. The normalized spacial score (nSPS) is 22.2. The van der Waals surface area contributed by atoms with Gasteiger partial charge in [0.25, 0.3) is 0 Å². The summed E-state index contributed by atoms with van der Waals surface area (Å²) in [5.41, 5.74) is 0. The number of aliphatic hydroxyl groups excluding tert-OH is 1. The van der Waals surface area contributed by atoms with E-state index >= 15 is 0 Å². The van der Waals surface area contributed by atoms with E-state index in [1.54, 1.807) is 0 Å². The molecule has 0 aromatic carbocycles. The third-order valence-corrected chi connectivity index (χ3v) is 6.20. The first-order valence-electron chi connectivity index (χ1n) is 16.1. The maximum Gasteiger partial charge on any atom is 0.187 e. The van der Waals surface area contributed by atoms with Crippen LogP contribution in [0.4, 0.5) is 0 Å². The molecule has 14 nitrogen and oxygen atoms in total. The molecule has 1 saturated heterocycles. The van der Waals surface area contributed by atoms with Gasteiger partial charge in [0.05, 0.1) is 112 Å². The maximum atomic E-state index is 10.3. The summed E-state index contributed by atoms with van der Waals surface area (Å²) in [6.45, 7) is 16.2. The smallest absolute Gasteiger partial charge is 0.187 e. The Morgan fingerprint density at radius 2 is 0.705 bits per heavy atom. The van der Waals surface area contributed by atoms with Gasteiger partial charge < -0.3 is 66.7 Å². The zero-order valence-corrected chi connectivity index (χ0v) is 27.5. The molecule has 0 aromatic rings. The molecular weight excluding hydrogens is 584 g/mol. The molecule has 1 rings (SSSR count). The van der Waals surface area contributed by atoms with Crippen molar-refractivity contribution in [1.29, 1.82) is 0 Å². The number of rotatable bonds is 33. The summed E-state index contributed by atoms with van der Waals surface area (Å²) >= 11 is 0. The molecule has 0 spiro atoms. The van der Waals surface area contributed by atoms with Crippen LogP contribution in [0.5, 0.6) is 0 Å². The average Bonchev–Trinajstić information content (AvgIpc) is 3.04. The molecule has 0 bridgehead atoms. The minimum absolute atomic E-state index is 0.242. The molecule has 0 aromatic heterocycles. The van der Waals surface area contributed by atoms with Crippen molar-refractivity contribution >= 4 is 0 Å². The Morgan fingerprint density at radius 1 is 0.386 bits per heavy atom. The van der Waals surface area contributed by atoms with Crippen molar-refractivity contribution in [1.82, 2.24) is 0 Å². The second-order valence-electron chi connectivity index (χ2n) is 9.34.